The summed E-state index contributed by atoms with van der Waals surface area (Å²) in [5.74, 6) is -0.0737. The largest absolute Gasteiger partial charge is 0.370 e. The highest BCUT2D eigenvalue weighted by Gasteiger charge is 2.32. The van der Waals surface area contributed by atoms with Gasteiger partial charge in [-0.2, -0.15) is 4.31 Å². The lowest BCUT2D eigenvalue weighted by Crippen LogP contribution is -2.31. The van der Waals surface area contributed by atoms with E-state index in [1.165, 1.54) is 0 Å². The van der Waals surface area contributed by atoms with Crippen LogP contribution in [-0.2, 0) is 10.0 Å². The highest BCUT2D eigenvalue weighted by Crippen LogP contribution is 2.32. The van der Waals surface area contributed by atoms with Crippen LogP contribution >= 0.6 is 0 Å². The molecule has 6 nitrogen and oxygen atoms in total. The van der Waals surface area contributed by atoms with E-state index in [2.05, 4.69) is 17.1 Å². The number of hydrogen-bond acceptors (Lipinski definition) is 4. The fourth-order valence-corrected chi connectivity index (χ4v) is 6.15. The van der Waals surface area contributed by atoms with Crippen LogP contribution in [0.5, 0.6) is 0 Å². The van der Waals surface area contributed by atoms with Crippen molar-refractivity contribution in [1.29, 1.82) is 0 Å². The number of carbonyl (C=O) groups is 1. The minimum absolute atomic E-state index is 0.168. The molecule has 1 N–H and O–H groups in total. The minimum Gasteiger partial charge on any atom is -0.370 e. The van der Waals surface area contributed by atoms with Crippen LogP contribution in [0.3, 0.4) is 0 Å². The van der Waals surface area contributed by atoms with Gasteiger partial charge in [0, 0.05) is 38.3 Å². The Hall–Kier alpha value is -2.38. The summed E-state index contributed by atoms with van der Waals surface area (Å²) in [5, 5.41) is 2.97. The van der Waals surface area contributed by atoms with E-state index >= 15 is 0 Å². The van der Waals surface area contributed by atoms with Gasteiger partial charge in [0.15, 0.2) is 0 Å². The van der Waals surface area contributed by atoms with Crippen molar-refractivity contribution in [2.75, 3.05) is 37.6 Å². The molecule has 2 fully saturated rings. The molecule has 2 aromatic carbocycles. The number of sulfonamides is 1. The highest BCUT2D eigenvalue weighted by molar-refractivity contribution is 7.89. The quantitative estimate of drug-likeness (QED) is 0.713. The Morgan fingerprint density at radius 1 is 0.968 bits per heavy atom. The monoisotopic (exact) mass is 441 g/mol. The second-order valence-electron chi connectivity index (χ2n) is 8.51. The molecule has 0 spiro atoms. The number of amides is 1. The molecule has 4 rings (SSSR count). The molecule has 0 radical (unpaired) electrons. The Morgan fingerprint density at radius 3 is 2.29 bits per heavy atom. The highest BCUT2D eigenvalue weighted by atomic mass is 32.2. The van der Waals surface area contributed by atoms with E-state index in [0.29, 0.717) is 25.2 Å². The molecule has 1 amide bonds. The number of hydrogen-bond donors (Lipinski definition) is 1. The Labute approximate surface area is 185 Å². The molecule has 2 heterocycles. The molecule has 0 bridgehead atoms. The maximum absolute atomic E-state index is 13.4. The minimum atomic E-state index is -3.63. The van der Waals surface area contributed by atoms with Gasteiger partial charge in [-0.05, 0) is 55.4 Å². The zero-order chi connectivity index (χ0) is 21.8. The first-order valence-electron chi connectivity index (χ1n) is 11.2. The van der Waals surface area contributed by atoms with Gasteiger partial charge in [0.2, 0.25) is 10.0 Å². The Bertz CT molecular complexity index is 1010. The lowest BCUT2D eigenvalue weighted by Gasteiger charge is -2.24. The van der Waals surface area contributed by atoms with E-state index in [1.807, 2.05) is 36.4 Å². The van der Waals surface area contributed by atoms with Gasteiger partial charge in [-0.25, -0.2) is 8.42 Å². The normalized spacial score (nSPS) is 18.3. The van der Waals surface area contributed by atoms with Crippen LogP contribution in [-0.4, -0.2) is 51.4 Å². The van der Waals surface area contributed by atoms with Crippen molar-refractivity contribution in [3.63, 3.8) is 0 Å². The van der Waals surface area contributed by atoms with Crippen molar-refractivity contribution < 1.29 is 13.2 Å². The third-order valence-corrected chi connectivity index (χ3v) is 8.22. The molecule has 2 aliphatic heterocycles. The molecule has 2 aliphatic rings. The standard InChI is InChI=1S/C24H31N3O3S/c1-19(20-9-3-2-4-10-20)18-25-24(28)21-11-12-22(26-13-5-6-14-26)23(17-21)31(29,30)27-15-7-8-16-27/h2-4,9-12,17,19H,5-8,13-16,18H2,1H3,(H,25,28). The van der Waals surface area contributed by atoms with Crippen LogP contribution < -0.4 is 10.2 Å². The lowest BCUT2D eigenvalue weighted by atomic mass is 10.0. The van der Waals surface area contributed by atoms with Crippen molar-refractivity contribution in [1.82, 2.24) is 9.62 Å². The predicted molar refractivity (Wildman–Crippen MR) is 123 cm³/mol. The summed E-state index contributed by atoms with van der Waals surface area (Å²) in [4.78, 5) is 15.3. The number of benzene rings is 2. The molecule has 2 aromatic rings. The van der Waals surface area contributed by atoms with Crippen LogP contribution in [0.4, 0.5) is 5.69 Å². The third-order valence-electron chi connectivity index (χ3n) is 6.29. The SMILES string of the molecule is CC(CNC(=O)c1ccc(N2CCCC2)c(S(=O)(=O)N2CCCC2)c1)c1ccccc1. The average molecular weight is 442 g/mol. The second-order valence-corrected chi connectivity index (χ2v) is 10.4. The topological polar surface area (TPSA) is 69.7 Å². The number of carbonyl (C=O) groups excluding carboxylic acids is 1. The predicted octanol–water partition coefficient (Wildman–Crippen LogP) is 3.60. The van der Waals surface area contributed by atoms with Crippen molar-refractivity contribution in [3.05, 3.63) is 59.7 Å². The molecule has 1 unspecified atom stereocenters. The van der Waals surface area contributed by atoms with Crippen LogP contribution in [0.2, 0.25) is 0 Å². The number of rotatable bonds is 7. The molecule has 31 heavy (non-hydrogen) atoms. The van der Waals surface area contributed by atoms with E-state index in [0.717, 1.165) is 50.0 Å². The fourth-order valence-electron chi connectivity index (χ4n) is 4.40. The Morgan fingerprint density at radius 2 is 1.61 bits per heavy atom. The maximum Gasteiger partial charge on any atom is 0.251 e. The molecule has 2 saturated heterocycles. The summed E-state index contributed by atoms with van der Waals surface area (Å²) in [6.07, 6.45) is 3.89. The van der Waals surface area contributed by atoms with E-state index in [-0.39, 0.29) is 16.7 Å². The van der Waals surface area contributed by atoms with E-state index in [1.54, 1.807) is 16.4 Å². The molecule has 166 valence electrons. The van der Waals surface area contributed by atoms with Crippen LogP contribution in [0.1, 0.15) is 54.4 Å². The van der Waals surface area contributed by atoms with Gasteiger partial charge in [-0.15, -0.1) is 0 Å². The van der Waals surface area contributed by atoms with E-state index in [4.69, 9.17) is 0 Å². The van der Waals surface area contributed by atoms with Gasteiger partial charge in [-0.3, -0.25) is 4.79 Å². The van der Waals surface area contributed by atoms with Gasteiger partial charge < -0.3 is 10.2 Å². The van der Waals surface area contributed by atoms with Gasteiger partial charge in [0.25, 0.3) is 5.91 Å². The second kappa shape index (κ2) is 9.40. The molecular formula is C24H31N3O3S. The average Bonchev–Trinajstić information content (AvgIpc) is 3.52. The van der Waals surface area contributed by atoms with Crippen LogP contribution in [0.25, 0.3) is 0 Å². The van der Waals surface area contributed by atoms with Gasteiger partial charge in [0.05, 0.1) is 5.69 Å². The number of nitrogens with zero attached hydrogens (tertiary/aromatic N) is 2. The summed E-state index contributed by atoms with van der Waals surface area (Å²) in [7, 11) is -3.63. The van der Waals surface area contributed by atoms with Gasteiger partial charge in [0.1, 0.15) is 4.90 Å². The number of nitrogens with one attached hydrogen (secondary N) is 1. The van der Waals surface area contributed by atoms with Crippen LogP contribution in [0, 0.1) is 0 Å². The first-order valence-corrected chi connectivity index (χ1v) is 12.6. The molecule has 0 aliphatic carbocycles. The first kappa shape index (κ1) is 21.8. The summed E-state index contributed by atoms with van der Waals surface area (Å²) in [5.41, 5.74) is 2.27. The molecule has 1 atom stereocenters. The third kappa shape index (κ3) is 4.77. The molecule has 0 aromatic heterocycles. The van der Waals surface area contributed by atoms with Crippen molar-refractivity contribution >= 4 is 21.6 Å². The number of anilines is 1. The molecule has 7 heteroatoms. The maximum atomic E-state index is 13.4. The van der Waals surface area contributed by atoms with Crippen molar-refractivity contribution in [2.24, 2.45) is 0 Å². The van der Waals surface area contributed by atoms with Gasteiger partial charge in [-0.1, -0.05) is 37.3 Å². The van der Waals surface area contributed by atoms with E-state index in [9.17, 15) is 13.2 Å². The summed E-state index contributed by atoms with van der Waals surface area (Å²) < 4.78 is 28.4. The Balaban J connectivity index is 1.57. The van der Waals surface area contributed by atoms with Crippen molar-refractivity contribution in [2.45, 2.75) is 43.4 Å². The zero-order valence-corrected chi connectivity index (χ0v) is 18.9. The Kier molecular flexibility index (Phi) is 6.62. The van der Waals surface area contributed by atoms with Crippen molar-refractivity contribution in [3.8, 4) is 0 Å². The smallest absolute Gasteiger partial charge is 0.251 e. The molecule has 0 saturated carbocycles. The van der Waals surface area contributed by atoms with E-state index < -0.39 is 10.0 Å². The van der Waals surface area contributed by atoms with Crippen LogP contribution in [0.15, 0.2) is 53.4 Å². The summed E-state index contributed by atoms with van der Waals surface area (Å²) in [6, 6.07) is 15.2. The lowest BCUT2D eigenvalue weighted by molar-refractivity contribution is 0.0951. The summed E-state index contributed by atoms with van der Waals surface area (Å²) in [6.45, 7) is 5.35. The van der Waals surface area contributed by atoms with Gasteiger partial charge >= 0.3 is 0 Å². The summed E-state index contributed by atoms with van der Waals surface area (Å²) >= 11 is 0. The zero-order valence-electron chi connectivity index (χ0n) is 18.1. The first-order chi connectivity index (χ1) is 15.0. The fraction of sp³-hybridized carbons (Fsp3) is 0.458. The molecular weight excluding hydrogens is 410 g/mol.